The number of carbonyl (C=O) groups is 2. The van der Waals surface area contributed by atoms with Crippen LogP contribution in [0, 0.1) is 13.8 Å². The molecule has 128 valence electrons. The van der Waals surface area contributed by atoms with Gasteiger partial charge in [0.2, 0.25) is 5.91 Å². The molecule has 0 fully saturated rings. The van der Waals surface area contributed by atoms with Crippen LogP contribution in [-0.2, 0) is 4.79 Å². The minimum atomic E-state index is -0.107. The highest BCUT2D eigenvalue weighted by Crippen LogP contribution is 2.14. The summed E-state index contributed by atoms with van der Waals surface area (Å²) in [6.07, 6.45) is 4.00. The van der Waals surface area contributed by atoms with Crippen LogP contribution in [0.5, 0.6) is 0 Å². The number of furan rings is 1. The van der Waals surface area contributed by atoms with Gasteiger partial charge in [0.1, 0.15) is 6.26 Å². The monoisotopic (exact) mass is 328 g/mol. The molecule has 2 rings (SSSR count). The molecule has 1 aromatic carbocycles. The molecule has 1 N–H and O–H groups in total. The molecule has 0 saturated carbocycles. The zero-order valence-electron chi connectivity index (χ0n) is 14.5. The third-order valence-electron chi connectivity index (χ3n) is 3.95. The molecule has 0 unspecified atom stereocenters. The van der Waals surface area contributed by atoms with E-state index in [9.17, 15) is 9.59 Å². The van der Waals surface area contributed by atoms with Gasteiger partial charge in [-0.1, -0.05) is 13.0 Å². The van der Waals surface area contributed by atoms with Crippen LogP contribution in [0.25, 0.3) is 0 Å². The summed E-state index contributed by atoms with van der Waals surface area (Å²) >= 11 is 0. The zero-order chi connectivity index (χ0) is 17.5. The fraction of sp³-hybridized carbons (Fsp3) is 0.368. The highest BCUT2D eigenvalue weighted by molar-refractivity contribution is 5.95. The summed E-state index contributed by atoms with van der Waals surface area (Å²) in [6, 6.07) is 7.46. The topological polar surface area (TPSA) is 62.6 Å². The van der Waals surface area contributed by atoms with E-state index >= 15 is 0 Å². The second-order valence-corrected chi connectivity index (χ2v) is 5.90. The van der Waals surface area contributed by atoms with Crippen molar-refractivity contribution in [3.63, 3.8) is 0 Å². The van der Waals surface area contributed by atoms with Gasteiger partial charge in [-0.15, -0.1) is 0 Å². The second-order valence-electron chi connectivity index (χ2n) is 5.90. The maximum Gasteiger partial charge on any atom is 0.257 e. The van der Waals surface area contributed by atoms with Crippen LogP contribution in [0.3, 0.4) is 0 Å². The molecule has 1 aromatic heterocycles. The Morgan fingerprint density at radius 2 is 1.92 bits per heavy atom. The Bertz CT molecular complexity index is 693. The van der Waals surface area contributed by atoms with E-state index in [1.54, 1.807) is 11.0 Å². The Kier molecular flexibility index (Phi) is 6.18. The average Bonchev–Trinajstić information content (AvgIpc) is 3.09. The van der Waals surface area contributed by atoms with Crippen molar-refractivity contribution in [3.05, 3.63) is 53.5 Å². The van der Waals surface area contributed by atoms with E-state index < -0.39 is 0 Å². The van der Waals surface area contributed by atoms with Crippen molar-refractivity contribution in [2.75, 3.05) is 18.4 Å². The SMILES string of the molecule is CCCN(CCC(=O)Nc1ccc(C)c(C)c1)C(=O)c1ccoc1. The maximum atomic E-state index is 12.4. The van der Waals surface area contributed by atoms with Crippen LogP contribution in [0.2, 0.25) is 0 Å². The second kappa shape index (κ2) is 8.34. The van der Waals surface area contributed by atoms with Crippen molar-refractivity contribution in [3.8, 4) is 0 Å². The number of benzene rings is 1. The molecule has 0 saturated heterocycles. The van der Waals surface area contributed by atoms with Crippen molar-refractivity contribution >= 4 is 17.5 Å². The Labute approximate surface area is 142 Å². The van der Waals surface area contributed by atoms with E-state index in [-0.39, 0.29) is 18.2 Å². The van der Waals surface area contributed by atoms with Crippen molar-refractivity contribution in [2.45, 2.75) is 33.6 Å². The Balaban J connectivity index is 1.92. The average molecular weight is 328 g/mol. The van der Waals surface area contributed by atoms with Gasteiger partial charge in [-0.05, 0) is 49.6 Å². The maximum absolute atomic E-state index is 12.4. The van der Waals surface area contributed by atoms with Crippen molar-refractivity contribution in [2.24, 2.45) is 0 Å². The zero-order valence-corrected chi connectivity index (χ0v) is 14.5. The number of rotatable bonds is 7. The summed E-state index contributed by atoms with van der Waals surface area (Å²) in [5, 5.41) is 2.89. The lowest BCUT2D eigenvalue weighted by molar-refractivity contribution is -0.116. The summed E-state index contributed by atoms with van der Waals surface area (Å²) in [4.78, 5) is 26.2. The van der Waals surface area contributed by atoms with Gasteiger partial charge in [0.15, 0.2) is 0 Å². The molecule has 2 aromatic rings. The Morgan fingerprint density at radius 3 is 2.54 bits per heavy atom. The van der Waals surface area contributed by atoms with Crippen LogP contribution < -0.4 is 5.32 Å². The van der Waals surface area contributed by atoms with Crippen molar-refractivity contribution in [1.29, 1.82) is 0 Å². The molecular formula is C19H24N2O3. The molecular weight excluding hydrogens is 304 g/mol. The normalized spacial score (nSPS) is 10.5. The lowest BCUT2D eigenvalue weighted by Crippen LogP contribution is -2.34. The lowest BCUT2D eigenvalue weighted by atomic mass is 10.1. The van der Waals surface area contributed by atoms with Crippen LogP contribution in [0.4, 0.5) is 5.69 Å². The summed E-state index contributed by atoms with van der Waals surface area (Å²) in [5.41, 5.74) is 3.62. The van der Waals surface area contributed by atoms with Gasteiger partial charge < -0.3 is 14.6 Å². The first kappa shape index (κ1) is 17.8. The summed E-state index contributed by atoms with van der Waals surface area (Å²) in [5.74, 6) is -0.205. The van der Waals surface area contributed by atoms with Gasteiger partial charge in [-0.25, -0.2) is 0 Å². The molecule has 5 heteroatoms. The third kappa shape index (κ3) is 4.72. The van der Waals surface area contributed by atoms with E-state index in [4.69, 9.17) is 4.42 Å². The third-order valence-corrected chi connectivity index (χ3v) is 3.95. The molecule has 2 amide bonds. The first-order valence-corrected chi connectivity index (χ1v) is 8.20. The fourth-order valence-electron chi connectivity index (χ4n) is 2.43. The number of anilines is 1. The number of aryl methyl sites for hydroxylation is 2. The Morgan fingerprint density at radius 1 is 1.12 bits per heavy atom. The molecule has 0 bridgehead atoms. The fourth-order valence-corrected chi connectivity index (χ4v) is 2.43. The molecule has 1 heterocycles. The van der Waals surface area contributed by atoms with E-state index in [0.29, 0.717) is 18.7 Å². The molecule has 24 heavy (non-hydrogen) atoms. The van der Waals surface area contributed by atoms with Crippen LogP contribution in [-0.4, -0.2) is 29.8 Å². The predicted octanol–water partition coefficient (Wildman–Crippen LogP) is 3.78. The van der Waals surface area contributed by atoms with Gasteiger partial charge in [0.25, 0.3) is 5.91 Å². The largest absolute Gasteiger partial charge is 0.472 e. The first-order valence-electron chi connectivity index (χ1n) is 8.20. The predicted molar refractivity (Wildman–Crippen MR) is 94.1 cm³/mol. The van der Waals surface area contributed by atoms with Gasteiger partial charge in [0, 0.05) is 25.2 Å². The molecule has 0 aliphatic carbocycles. The first-order chi connectivity index (χ1) is 11.5. The van der Waals surface area contributed by atoms with Crippen LogP contribution in [0.15, 0.2) is 41.2 Å². The number of carbonyl (C=O) groups excluding carboxylic acids is 2. The molecule has 5 nitrogen and oxygen atoms in total. The van der Waals surface area contributed by atoms with Gasteiger partial charge in [-0.2, -0.15) is 0 Å². The number of hydrogen-bond acceptors (Lipinski definition) is 3. The number of hydrogen-bond donors (Lipinski definition) is 1. The van der Waals surface area contributed by atoms with E-state index in [2.05, 4.69) is 5.32 Å². The summed E-state index contributed by atoms with van der Waals surface area (Å²) < 4.78 is 4.96. The smallest absolute Gasteiger partial charge is 0.257 e. The van der Waals surface area contributed by atoms with Gasteiger partial charge in [-0.3, -0.25) is 9.59 Å². The highest BCUT2D eigenvalue weighted by Gasteiger charge is 2.17. The summed E-state index contributed by atoms with van der Waals surface area (Å²) in [6.45, 7) is 7.04. The number of amides is 2. The molecule has 0 aliphatic heterocycles. The molecule has 0 spiro atoms. The molecule has 0 atom stereocenters. The van der Waals surface area contributed by atoms with E-state index in [1.807, 2.05) is 39.0 Å². The van der Waals surface area contributed by atoms with Crippen molar-refractivity contribution in [1.82, 2.24) is 4.90 Å². The minimum Gasteiger partial charge on any atom is -0.472 e. The number of nitrogens with zero attached hydrogens (tertiary/aromatic N) is 1. The van der Waals surface area contributed by atoms with Crippen molar-refractivity contribution < 1.29 is 14.0 Å². The molecule has 0 aliphatic rings. The van der Waals surface area contributed by atoms with E-state index in [1.165, 1.54) is 18.1 Å². The van der Waals surface area contributed by atoms with Gasteiger partial charge in [0.05, 0.1) is 11.8 Å². The molecule has 0 radical (unpaired) electrons. The van der Waals surface area contributed by atoms with Gasteiger partial charge >= 0.3 is 0 Å². The van der Waals surface area contributed by atoms with Crippen LogP contribution >= 0.6 is 0 Å². The quantitative estimate of drug-likeness (QED) is 0.841. The Hall–Kier alpha value is -2.56. The standard InChI is InChI=1S/C19H24N2O3/c1-4-9-21(19(23)16-8-11-24-13-16)10-7-18(22)20-17-6-5-14(2)15(3)12-17/h5-6,8,11-13H,4,7,9-10H2,1-3H3,(H,20,22). The minimum absolute atomic E-state index is 0.0978. The van der Waals surface area contributed by atoms with E-state index in [0.717, 1.165) is 17.7 Å². The highest BCUT2D eigenvalue weighted by atomic mass is 16.3. The van der Waals surface area contributed by atoms with Crippen LogP contribution in [0.1, 0.15) is 41.3 Å². The number of nitrogens with one attached hydrogen (secondary N) is 1. The lowest BCUT2D eigenvalue weighted by Gasteiger charge is -2.21. The summed E-state index contributed by atoms with van der Waals surface area (Å²) in [7, 11) is 0.